The van der Waals surface area contributed by atoms with Gasteiger partial charge in [0.25, 0.3) is 5.91 Å². The summed E-state index contributed by atoms with van der Waals surface area (Å²) in [5, 5.41) is 27.2. The monoisotopic (exact) mass is 612 g/mol. The van der Waals surface area contributed by atoms with Gasteiger partial charge in [-0.3, -0.25) is 14.4 Å². The SMILES string of the molecule is CC(C)(C)[N+]1(C(=O)[C@@H](O)[C@H](Cc2ccccc2)NC(=O)[C@H](CC(N)=O)NC(=O)OCc2ccccc2)CC[C@H](O)[C@H]1C(N)=O. The van der Waals surface area contributed by atoms with Crippen LogP contribution < -0.4 is 22.1 Å². The first-order valence-corrected chi connectivity index (χ1v) is 14.3. The second-order valence-corrected chi connectivity index (χ2v) is 12.0. The molecule has 2 aromatic rings. The molecule has 2 aromatic carbocycles. The molecule has 238 valence electrons. The van der Waals surface area contributed by atoms with Gasteiger partial charge in [0.1, 0.15) is 18.8 Å². The van der Waals surface area contributed by atoms with Gasteiger partial charge in [-0.1, -0.05) is 60.7 Å². The number of nitrogens with one attached hydrogen (secondary N) is 2. The summed E-state index contributed by atoms with van der Waals surface area (Å²) in [6.45, 7) is 5.03. The Hall–Kier alpha value is -4.33. The van der Waals surface area contributed by atoms with E-state index >= 15 is 0 Å². The number of primary amides is 2. The molecule has 1 heterocycles. The van der Waals surface area contributed by atoms with E-state index in [1.807, 2.05) is 0 Å². The van der Waals surface area contributed by atoms with Gasteiger partial charge in [0.15, 0.2) is 6.10 Å². The van der Waals surface area contributed by atoms with Gasteiger partial charge in [-0.05, 0) is 38.3 Å². The Kier molecular flexibility index (Phi) is 11.2. The Bertz CT molecular complexity index is 1330. The van der Waals surface area contributed by atoms with Crippen molar-refractivity contribution in [3.05, 3.63) is 71.8 Å². The van der Waals surface area contributed by atoms with Crippen LogP contribution in [0.4, 0.5) is 4.79 Å². The lowest BCUT2D eigenvalue weighted by Crippen LogP contribution is -2.74. The molecule has 0 radical (unpaired) electrons. The molecule has 1 aliphatic heterocycles. The zero-order chi connectivity index (χ0) is 32.7. The number of benzene rings is 2. The summed E-state index contributed by atoms with van der Waals surface area (Å²) >= 11 is 0. The number of hydrogen-bond donors (Lipinski definition) is 6. The number of ether oxygens (including phenoxy) is 1. The lowest BCUT2D eigenvalue weighted by molar-refractivity contribution is -0.906. The third-order valence-corrected chi connectivity index (χ3v) is 7.99. The molecule has 0 spiro atoms. The standard InChI is InChI=1S/C31H41N5O8/c1-31(2,3)36(15-14-23(37)25(36)27(33)40)29(42)26(39)21(16-19-10-6-4-7-11-19)34-28(41)22(17-24(32)38)35-30(43)44-18-20-12-8-5-9-13-20/h4-13,21-23,25-26,37,39H,14-18H2,1-3H3,(H5-,32,33,34,35,38,40,41,43)/p+1/t21-,22-,23-,25-,26-,36?/m0/s1. The Morgan fingerprint density at radius 2 is 1.52 bits per heavy atom. The molecule has 13 heteroatoms. The number of alkyl carbamates (subject to hydrolysis) is 1. The minimum absolute atomic E-state index is 0.0271. The molecule has 0 bridgehead atoms. The quantitative estimate of drug-likeness (QED) is 0.179. The molecule has 5 amide bonds. The first-order valence-electron chi connectivity index (χ1n) is 14.3. The second-order valence-electron chi connectivity index (χ2n) is 12.0. The van der Waals surface area contributed by atoms with Crippen LogP contribution in [0.5, 0.6) is 0 Å². The molecule has 0 saturated carbocycles. The third-order valence-electron chi connectivity index (χ3n) is 7.99. The van der Waals surface area contributed by atoms with E-state index < -0.39 is 76.5 Å². The number of aliphatic hydroxyl groups excluding tert-OH is 2. The molecular formula is C31H42N5O8+. The van der Waals surface area contributed by atoms with Crippen molar-refractivity contribution in [3.8, 4) is 0 Å². The van der Waals surface area contributed by atoms with Crippen molar-refractivity contribution in [2.75, 3.05) is 6.54 Å². The van der Waals surface area contributed by atoms with Gasteiger partial charge < -0.3 is 37.1 Å². The number of nitrogens with zero attached hydrogens (tertiary/aromatic N) is 1. The van der Waals surface area contributed by atoms with Gasteiger partial charge in [-0.25, -0.2) is 14.1 Å². The van der Waals surface area contributed by atoms with E-state index in [0.29, 0.717) is 11.1 Å². The zero-order valence-corrected chi connectivity index (χ0v) is 25.1. The van der Waals surface area contributed by atoms with Crippen molar-refractivity contribution in [1.82, 2.24) is 10.6 Å². The fourth-order valence-electron chi connectivity index (χ4n) is 5.78. The van der Waals surface area contributed by atoms with Gasteiger partial charge in [0, 0.05) is 6.42 Å². The Labute approximate surface area is 256 Å². The van der Waals surface area contributed by atoms with Crippen molar-refractivity contribution in [3.63, 3.8) is 0 Å². The molecule has 1 fully saturated rings. The number of aliphatic hydroxyl groups is 2. The molecular weight excluding hydrogens is 570 g/mol. The minimum atomic E-state index is -1.88. The van der Waals surface area contributed by atoms with Crippen LogP contribution >= 0.6 is 0 Å². The van der Waals surface area contributed by atoms with Gasteiger partial charge in [0.2, 0.25) is 17.9 Å². The largest absolute Gasteiger partial charge is 0.445 e. The topological polar surface area (TPSA) is 211 Å². The number of quaternary nitrogens is 1. The number of carbonyl (C=O) groups is 5. The van der Waals surface area contributed by atoms with Crippen molar-refractivity contribution in [1.29, 1.82) is 0 Å². The molecule has 13 nitrogen and oxygen atoms in total. The Balaban J connectivity index is 1.89. The highest BCUT2D eigenvalue weighted by atomic mass is 16.5. The number of carbonyl (C=O) groups excluding carboxylic acids is 5. The summed E-state index contributed by atoms with van der Waals surface area (Å²) in [6.07, 6.45) is -4.61. The molecule has 44 heavy (non-hydrogen) atoms. The predicted molar refractivity (Wildman–Crippen MR) is 159 cm³/mol. The summed E-state index contributed by atoms with van der Waals surface area (Å²) in [6, 6.07) is 13.4. The molecule has 1 unspecified atom stereocenters. The Morgan fingerprint density at radius 1 is 0.955 bits per heavy atom. The van der Waals surface area contributed by atoms with Crippen LogP contribution in [0.25, 0.3) is 0 Å². The number of rotatable bonds is 12. The highest BCUT2D eigenvalue weighted by Crippen LogP contribution is 2.38. The first kappa shape index (κ1) is 34.2. The minimum Gasteiger partial charge on any atom is -0.445 e. The maximum atomic E-state index is 14.2. The summed E-state index contributed by atoms with van der Waals surface area (Å²) in [5.74, 6) is -3.50. The van der Waals surface area contributed by atoms with Crippen LogP contribution in [-0.2, 0) is 36.9 Å². The Morgan fingerprint density at radius 3 is 2.05 bits per heavy atom. The van der Waals surface area contributed by atoms with Crippen LogP contribution in [0.3, 0.4) is 0 Å². The smallest absolute Gasteiger partial charge is 0.408 e. The average Bonchev–Trinajstić information content (AvgIpc) is 3.34. The van der Waals surface area contributed by atoms with E-state index in [1.165, 1.54) is 0 Å². The van der Waals surface area contributed by atoms with Crippen molar-refractivity contribution in [2.45, 2.75) is 82.5 Å². The normalized spacial score (nSPS) is 21.8. The van der Waals surface area contributed by atoms with Gasteiger partial charge in [-0.2, -0.15) is 0 Å². The van der Waals surface area contributed by atoms with Crippen LogP contribution in [0.15, 0.2) is 60.7 Å². The van der Waals surface area contributed by atoms with E-state index in [0.717, 1.165) is 0 Å². The van der Waals surface area contributed by atoms with E-state index in [2.05, 4.69) is 10.6 Å². The fourth-order valence-corrected chi connectivity index (χ4v) is 5.78. The van der Waals surface area contributed by atoms with Crippen LogP contribution in [0.2, 0.25) is 0 Å². The lowest BCUT2D eigenvalue weighted by atomic mass is 9.92. The third kappa shape index (κ3) is 7.98. The average molecular weight is 613 g/mol. The molecule has 1 saturated heterocycles. The maximum absolute atomic E-state index is 14.2. The van der Waals surface area contributed by atoms with Crippen molar-refractivity contribution < 1.29 is 43.4 Å². The van der Waals surface area contributed by atoms with E-state index in [-0.39, 0.29) is 26.0 Å². The van der Waals surface area contributed by atoms with Crippen LogP contribution in [-0.4, -0.2) is 86.8 Å². The van der Waals surface area contributed by atoms with Crippen LogP contribution in [0.1, 0.15) is 44.7 Å². The van der Waals surface area contributed by atoms with E-state index in [9.17, 15) is 34.2 Å². The molecule has 0 aliphatic carbocycles. The lowest BCUT2D eigenvalue weighted by Gasteiger charge is -2.48. The van der Waals surface area contributed by atoms with Crippen molar-refractivity contribution >= 4 is 29.7 Å². The van der Waals surface area contributed by atoms with Gasteiger partial charge in [0.05, 0.1) is 24.5 Å². The summed E-state index contributed by atoms with van der Waals surface area (Å²) in [5.41, 5.74) is 11.4. The highest BCUT2D eigenvalue weighted by Gasteiger charge is 2.63. The summed E-state index contributed by atoms with van der Waals surface area (Å²) in [4.78, 5) is 64.6. The number of amides is 5. The molecule has 3 rings (SSSR count). The second kappa shape index (κ2) is 14.4. The first-order chi connectivity index (χ1) is 20.7. The van der Waals surface area contributed by atoms with Crippen molar-refractivity contribution in [2.24, 2.45) is 11.5 Å². The molecule has 6 atom stereocenters. The molecule has 1 aliphatic rings. The summed E-state index contributed by atoms with van der Waals surface area (Å²) < 4.78 is 4.55. The van der Waals surface area contributed by atoms with Crippen LogP contribution in [0, 0.1) is 0 Å². The zero-order valence-electron chi connectivity index (χ0n) is 25.1. The van der Waals surface area contributed by atoms with E-state index in [1.54, 1.807) is 81.4 Å². The highest BCUT2D eigenvalue weighted by molar-refractivity contribution is 5.91. The summed E-state index contributed by atoms with van der Waals surface area (Å²) in [7, 11) is 0. The van der Waals surface area contributed by atoms with Gasteiger partial charge >= 0.3 is 12.0 Å². The molecule has 0 aromatic heterocycles. The van der Waals surface area contributed by atoms with Gasteiger partial charge in [-0.15, -0.1) is 0 Å². The predicted octanol–water partition coefficient (Wildman–Crippen LogP) is 0.00560. The number of hydrogen-bond acceptors (Lipinski definition) is 8. The number of likely N-dealkylation sites (tertiary alicyclic amines) is 1. The maximum Gasteiger partial charge on any atom is 0.408 e. The fraction of sp³-hybridized carbons (Fsp3) is 0.452. The number of nitrogens with two attached hydrogens (primary N) is 2. The van der Waals surface area contributed by atoms with E-state index in [4.69, 9.17) is 16.2 Å². The molecule has 8 N–H and O–H groups in total.